The van der Waals surface area contributed by atoms with Crippen LogP contribution in [0.1, 0.15) is 10.5 Å². The van der Waals surface area contributed by atoms with Gasteiger partial charge in [-0.3, -0.25) is 9.78 Å². The van der Waals surface area contributed by atoms with E-state index in [9.17, 15) is 4.79 Å². The van der Waals surface area contributed by atoms with Crippen molar-refractivity contribution in [3.63, 3.8) is 0 Å². The topological polar surface area (TPSA) is 57.0 Å². The second-order valence-electron chi connectivity index (χ2n) is 7.30. The molecule has 0 saturated carbocycles. The van der Waals surface area contributed by atoms with Gasteiger partial charge in [0.25, 0.3) is 0 Å². The van der Waals surface area contributed by atoms with Gasteiger partial charge < -0.3 is 4.74 Å². The van der Waals surface area contributed by atoms with Gasteiger partial charge in [-0.25, -0.2) is 4.68 Å². The molecular weight excluding hydrogens is 330 g/mol. The van der Waals surface area contributed by atoms with E-state index in [0.717, 1.165) is 34.5 Å². The van der Waals surface area contributed by atoms with Crippen molar-refractivity contribution in [3.05, 3.63) is 48.3 Å². The predicted molar refractivity (Wildman–Crippen MR) is 102 cm³/mol. The zero-order chi connectivity index (χ0) is 17.9. The quantitative estimate of drug-likeness (QED) is 0.362. The van der Waals surface area contributed by atoms with Gasteiger partial charge in [0.05, 0.1) is 11.2 Å². The summed E-state index contributed by atoms with van der Waals surface area (Å²) in [6.07, 6.45) is 2.56. The second-order valence-corrected chi connectivity index (χ2v) is 12.9. The van der Waals surface area contributed by atoms with Crippen LogP contribution in [-0.2, 0) is 11.5 Å². The van der Waals surface area contributed by atoms with E-state index < -0.39 is 8.07 Å². The highest BCUT2D eigenvalue weighted by Gasteiger charge is 2.14. The van der Waals surface area contributed by atoms with Gasteiger partial charge in [0, 0.05) is 31.8 Å². The lowest BCUT2D eigenvalue weighted by molar-refractivity contribution is 0.0812. The fraction of sp³-hybridized carbons (Fsp3) is 0.316. The maximum absolute atomic E-state index is 11.3. The molecule has 0 atom stereocenters. The minimum Gasteiger partial charge on any atom is -0.360 e. The maximum Gasteiger partial charge on any atom is 0.170 e. The van der Waals surface area contributed by atoms with Gasteiger partial charge in [-0.15, -0.1) is 0 Å². The van der Waals surface area contributed by atoms with Crippen LogP contribution in [0, 0.1) is 0 Å². The van der Waals surface area contributed by atoms with Gasteiger partial charge in [-0.05, 0) is 30.3 Å². The molecular formula is C19H23N3O2Si. The molecule has 0 aliphatic rings. The number of hydrogen-bond donors (Lipinski definition) is 0. The van der Waals surface area contributed by atoms with Crippen LogP contribution >= 0.6 is 0 Å². The van der Waals surface area contributed by atoms with Gasteiger partial charge >= 0.3 is 0 Å². The van der Waals surface area contributed by atoms with E-state index in [2.05, 4.69) is 29.7 Å². The molecule has 3 aromatic rings. The Bertz CT molecular complexity index is 870. The number of fused-ring (bicyclic) bond motifs is 1. The van der Waals surface area contributed by atoms with Crippen molar-refractivity contribution in [3.8, 4) is 11.3 Å². The molecule has 0 fully saturated rings. The van der Waals surface area contributed by atoms with Crippen LogP contribution in [0.3, 0.4) is 0 Å². The first-order chi connectivity index (χ1) is 12.0. The summed E-state index contributed by atoms with van der Waals surface area (Å²) in [6.45, 7) is 8.03. The number of pyridine rings is 1. The van der Waals surface area contributed by atoms with Gasteiger partial charge in [0.1, 0.15) is 12.4 Å². The number of carbonyl (C=O) groups is 1. The molecule has 0 N–H and O–H groups in total. The molecule has 0 saturated heterocycles. The number of aromatic nitrogens is 3. The average Bonchev–Trinajstić information content (AvgIpc) is 2.96. The molecule has 5 nitrogen and oxygen atoms in total. The molecule has 0 aliphatic heterocycles. The summed E-state index contributed by atoms with van der Waals surface area (Å²) in [6, 6.07) is 12.8. The Morgan fingerprint density at radius 2 is 2.04 bits per heavy atom. The first-order valence-electron chi connectivity index (χ1n) is 8.43. The van der Waals surface area contributed by atoms with Crippen molar-refractivity contribution in [1.29, 1.82) is 0 Å². The van der Waals surface area contributed by atoms with Crippen LogP contribution < -0.4 is 0 Å². The molecule has 0 amide bonds. The summed E-state index contributed by atoms with van der Waals surface area (Å²) in [4.78, 5) is 15.7. The van der Waals surface area contributed by atoms with Crippen molar-refractivity contribution >= 4 is 25.3 Å². The Labute approximate surface area is 148 Å². The van der Waals surface area contributed by atoms with Crippen LogP contribution in [0.2, 0.25) is 25.7 Å². The third-order valence-electron chi connectivity index (χ3n) is 4.06. The Balaban J connectivity index is 1.88. The van der Waals surface area contributed by atoms with E-state index in [1.54, 1.807) is 10.9 Å². The summed E-state index contributed by atoms with van der Waals surface area (Å²) in [5.74, 6) is 0. The molecule has 0 aliphatic carbocycles. The van der Waals surface area contributed by atoms with Crippen molar-refractivity contribution in [2.75, 3.05) is 6.61 Å². The predicted octanol–water partition coefficient (Wildman–Crippen LogP) is 4.22. The summed E-state index contributed by atoms with van der Waals surface area (Å²) in [7, 11) is -1.12. The first kappa shape index (κ1) is 17.5. The minimum atomic E-state index is -1.12. The van der Waals surface area contributed by atoms with Crippen LogP contribution in [0.5, 0.6) is 0 Å². The fourth-order valence-corrected chi connectivity index (χ4v) is 3.36. The van der Waals surface area contributed by atoms with Gasteiger partial charge in [-0.2, -0.15) is 5.10 Å². The molecule has 2 heterocycles. The standard InChI is InChI=1S/C19H23N3O2Si/c1-25(2,3)11-10-24-14-22-19-12-15(17-6-4-5-9-20-17)7-8-16(19)18(13-23)21-22/h4-9,12-13H,10-11,14H2,1-3H3. The summed E-state index contributed by atoms with van der Waals surface area (Å²) in [5.41, 5.74) is 3.22. The highest BCUT2D eigenvalue weighted by atomic mass is 28.3. The highest BCUT2D eigenvalue weighted by Crippen LogP contribution is 2.25. The second kappa shape index (κ2) is 7.29. The summed E-state index contributed by atoms with van der Waals surface area (Å²) in [5, 5.41) is 5.23. The first-order valence-corrected chi connectivity index (χ1v) is 12.1. The van der Waals surface area contributed by atoms with Crippen LogP contribution in [-0.4, -0.2) is 35.7 Å². The molecule has 25 heavy (non-hydrogen) atoms. The number of ether oxygens (including phenoxy) is 1. The molecule has 6 heteroatoms. The molecule has 1 aromatic carbocycles. The van der Waals surface area contributed by atoms with Crippen molar-refractivity contribution in [1.82, 2.24) is 14.8 Å². The van der Waals surface area contributed by atoms with E-state index in [4.69, 9.17) is 4.74 Å². The number of hydrogen-bond acceptors (Lipinski definition) is 4. The zero-order valence-electron chi connectivity index (χ0n) is 14.9. The minimum absolute atomic E-state index is 0.348. The molecule has 0 spiro atoms. The van der Waals surface area contributed by atoms with E-state index in [1.165, 1.54) is 0 Å². The molecule has 130 valence electrons. The van der Waals surface area contributed by atoms with Crippen LogP contribution in [0.4, 0.5) is 0 Å². The average molecular weight is 353 g/mol. The van der Waals surface area contributed by atoms with E-state index in [1.807, 2.05) is 36.4 Å². The lowest BCUT2D eigenvalue weighted by atomic mass is 10.1. The van der Waals surface area contributed by atoms with Crippen molar-refractivity contribution < 1.29 is 9.53 Å². The van der Waals surface area contributed by atoms with E-state index >= 15 is 0 Å². The Hall–Kier alpha value is -2.31. The summed E-state index contributed by atoms with van der Waals surface area (Å²) >= 11 is 0. The van der Waals surface area contributed by atoms with Crippen LogP contribution in [0.25, 0.3) is 22.2 Å². The molecule has 2 aromatic heterocycles. The normalized spacial score (nSPS) is 11.8. The monoisotopic (exact) mass is 353 g/mol. The number of aldehydes is 1. The van der Waals surface area contributed by atoms with Crippen molar-refractivity contribution in [2.24, 2.45) is 0 Å². The Kier molecular flexibility index (Phi) is 5.10. The highest BCUT2D eigenvalue weighted by molar-refractivity contribution is 6.76. The van der Waals surface area contributed by atoms with E-state index in [-0.39, 0.29) is 0 Å². The van der Waals surface area contributed by atoms with E-state index in [0.29, 0.717) is 19.0 Å². The van der Waals surface area contributed by atoms with Gasteiger partial charge in [-0.1, -0.05) is 31.8 Å². The zero-order valence-corrected chi connectivity index (χ0v) is 15.9. The molecule has 0 unspecified atom stereocenters. The van der Waals surface area contributed by atoms with Crippen LogP contribution in [0.15, 0.2) is 42.6 Å². The number of benzene rings is 1. The largest absolute Gasteiger partial charge is 0.360 e. The molecule has 3 rings (SSSR count). The Morgan fingerprint density at radius 3 is 2.72 bits per heavy atom. The number of rotatable bonds is 7. The number of carbonyl (C=O) groups excluding carboxylic acids is 1. The maximum atomic E-state index is 11.3. The van der Waals surface area contributed by atoms with Gasteiger partial charge in [0.15, 0.2) is 6.29 Å². The SMILES string of the molecule is C[Si](C)(C)CCOCn1nc(C=O)c2ccc(-c3ccccn3)cc21. The lowest BCUT2D eigenvalue weighted by Crippen LogP contribution is -2.22. The third-order valence-corrected chi connectivity index (χ3v) is 5.77. The fourth-order valence-electron chi connectivity index (χ4n) is 2.61. The summed E-state index contributed by atoms with van der Waals surface area (Å²) < 4.78 is 7.57. The third kappa shape index (κ3) is 4.21. The molecule has 0 radical (unpaired) electrons. The van der Waals surface area contributed by atoms with Gasteiger partial charge in [0.2, 0.25) is 0 Å². The molecule has 0 bridgehead atoms. The smallest absolute Gasteiger partial charge is 0.170 e. The number of nitrogens with zero attached hydrogens (tertiary/aromatic N) is 3. The lowest BCUT2D eigenvalue weighted by Gasteiger charge is -2.15. The Morgan fingerprint density at radius 1 is 1.20 bits per heavy atom. The van der Waals surface area contributed by atoms with Crippen molar-refractivity contribution in [2.45, 2.75) is 32.4 Å².